The second-order valence-electron chi connectivity index (χ2n) is 3.71. The second kappa shape index (κ2) is 7.75. The molecule has 1 rings (SSSR count). The van der Waals surface area contributed by atoms with Crippen molar-refractivity contribution in [2.75, 3.05) is 19.0 Å². The average Bonchev–Trinajstić information content (AvgIpc) is 2.76. The fourth-order valence-electron chi connectivity index (χ4n) is 1.39. The number of rotatable bonds is 4. The molecular weight excluding hydrogens is 298 g/mol. The summed E-state index contributed by atoms with van der Waals surface area (Å²) in [7, 11) is 1.70. The van der Waals surface area contributed by atoms with Crippen LogP contribution in [0.1, 0.15) is 25.1 Å². The Kier molecular flexibility index (Phi) is 6.32. The maximum atomic E-state index is 11.5. The Morgan fingerprint density at radius 3 is 2.85 bits per heavy atom. The molecule has 3 N–H and O–H groups in total. The number of nitrogens with zero attached hydrogens (tertiary/aromatic N) is 2. The number of thiocarbonyl (C=S) groups is 1. The van der Waals surface area contributed by atoms with Crippen LogP contribution in [-0.2, 0) is 4.74 Å². The summed E-state index contributed by atoms with van der Waals surface area (Å²) in [5.41, 5.74) is 4.90. The Labute approximate surface area is 127 Å². The third-order valence-corrected chi connectivity index (χ3v) is 3.42. The Bertz CT molecular complexity index is 527. The maximum absolute atomic E-state index is 11.5. The molecule has 0 aromatic carbocycles. The summed E-state index contributed by atoms with van der Waals surface area (Å²) >= 11 is 6.12. The van der Waals surface area contributed by atoms with Gasteiger partial charge in [-0.25, -0.2) is 4.79 Å². The lowest BCUT2D eigenvalue weighted by Crippen LogP contribution is -2.29. The normalized spacial score (nSPS) is 10.9. The number of amides is 1. The van der Waals surface area contributed by atoms with E-state index in [0.717, 1.165) is 11.3 Å². The van der Waals surface area contributed by atoms with Gasteiger partial charge in [0.15, 0.2) is 5.11 Å². The lowest BCUT2D eigenvalue weighted by Gasteiger charge is -2.07. The SMILES string of the molecule is CCOC(=O)Nc1snc(C)c1/C(C)=N/NC(=S)NC. The van der Waals surface area contributed by atoms with Crippen molar-refractivity contribution in [2.45, 2.75) is 20.8 Å². The molecule has 0 atom stereocenters. The van der Waals surface area contributed by atoms with Crippen LogP contribution in [0.25, 0.3) is 0 Å². The number of anilines is 1. The Balaban J connectivity index is 2.91. The molecule has 0 saturated carbocycles. The zero-order chi connectivity index (χ0) is 15.1. The number of carbonyl (C=O) groups excluding carboxylic acids is 1. The van der Waals surface area contributed by atoms with Gasteiger partial charge in [-0.05, 0) is 44.5 Å². The van der Waals surface area contributed by atoms with Crippen molar-refractivity contribution in [3.63, 3.8) is 0 Å². The molecule has 0 aliphatic heterocycles. The first kappa shape index (κ1) is 16.3. The quantitative estimate of drug-likeness (QED) is 0.446. The standard InChI is InChI=1S/C11H17N5O2S2/c1-5-18-11(17)13-9-8(7(3)16-20-9)6(2)14-15-10(19)12-4/h5H2,1-4H3,(H,13,17)(H2,12,15,19)/b14-6+. The van der Waals surface area contributed by atoms with Gasteiger partial charge in [0.05, 0.1) is 23.6 Å². The van der Waals surface area contributed by atoms with Crippen LogP contribution in [0.5, 0.6) is 0 Å². The minimum atomic E-state index is -0.510. The van der Waals surface area contributed by atoms with Crippen molar-refractivity contribution in [1.82, 2.24) is 15.1 Å². The molecule has 9 heteroatoms. The summed E-state index contributed by atoms with van der Waals surface area (Å²) in [5, 5.41) is 10.6. The number of hydrazone groups is 1. The highest BCUT2D eigenvalue weighted by atomic mass is 32.1. The fraction of sp³-hybridized carbons (Fsp3) is 0.455. The molecule has 20 heavy (non-hydrogen) atoms. The maximum Gasteiger partial charge on any atom is 0.412 e. The number of hydrogen-bond acceptors (Lipinski definition) is 6. The smallest absolute Gasteiger partial charge is 0.412 e. The molecule has 0 radical (unpaired) electrons. The van der Waals surface area contributed by atoms with Crippen molar-refractivity contribution in [2.24, 2.45) is 5.10 Å². The van der Waals surface area contributed by atoms with Crippen molar-refractivity contribution >= 4 is 45.7 Å². The first-order chi connectivity index (χ1) is 9.49. The molecule has 0 bridgehead atoms. The summed E-state index contributed by atoms with van der Waals surface area (Å²) in [5.74, 6) is 0. The molecule has 0 saturated heterocycles. The van der Waals surface area contributed by atoms with E-state index in [-0.39, 0.29) is 0 Å². The van der Waals surface area contributed by atoms with Crippen LogP contribution in [-0.4, -0.2) is 34.9 Å². The molecule has 0 aliphatic rings. The summed E-state index contributed by atoms with van der Waals surface area (Å²) in [6.45, 7) is 5.70. The van der Waals surface area contributed by atoms with Crippen LogP contribution < -0.4 is 16.1 Å². The molecule has 0 unspecified atom stereocenters. The van der Waals surface area contributed by atoms with Gasteiger partial charge in [0.2, 0.25) is 0 Å². The molecule has 1 heterocycles. The average molecular weight is 315 g/mol. The van der Waals surface area contributed by atoms with Crippen LogP contribution >= 0.6 is 23.8 Å². The minimum absolute atomic E-state index is 0.310. The molecule has 110 valence electrons. The first-order valence-corrected chi connectivity index (χ1v) is 7.10. The van der Waals surface area contributed by atoms with Gasteiger partial charge < -0.3 is 10.1 Å². The summed E-state index contributed by atoms with van der Waals surface area (Å²) in [6.07, 6.45) is -0.510. The number of carbonyl (C=O) groups is 1. The van der Waals surface area contributed by atoms with E-state index in [1.54, 1.807) is 20.9 Å². The molecule has 0 spiro atoms. The van der Waals surface area contributed by atoms with E-state index in [4.69, 9.17) is 17.0 Å². The zero-order valence-corrected chi connectivity index (χ0v) is 13.4. The van der Waals surface area contributed by atoms with E-state index in [0.29, 0.717) is 22.4 Å². The summed E-state index contributed by atoms with van der Waals surface area (Å²) in [4.78, 5) is 11.5. The topological polar surface area (TPSA) is 87.6 Å². The predicted molar refractivity (Wildman–Crippen MR) is 84.5 cm³/mol. The van der Waals surface area contributed by atoms with Crippen molar-refractivity contribution < 1.29 is 9.53 Å². The highest BCUT2D eigenvalue weighted by Crippen LogP contribution is 2.25. The van der Waals surface area contributed by atoms with Crippen LogP contribution in [0.4, 0.5) is 9.80 Å². The molecular formula is C11H17N5O2S2. The molecule has 1 amide bonds. The number of aryl methyl sites for hydroxylation is 1. The fourth-order valence-corrected chi connectivity index (χ4v) is 2.27. The van der Waals surface area contributed by atoms with E-state index in [1.807, 2.05) is 6.92 Å². The monoisotopic (exact) mass is 315 g/mol. The molecule has 0 fully saturated rings. The summed E-state index contributed by atoms with van der Waals surface area (Å²) < 4.78 is 9.06. The van der Waals surface area contributed by atoms with E-state index >= 15 is 0 Å². The largest absolute Gasteiger partial charge is 0.450 e. The highest BCUT2D eigenvalue weighted by molar-refractivity contribution is 7.80. The van der Waals surface area contributed by atoms with Gasteiger partial charge >= 0.3 is 6.09 Å². The minimum Gasteiger partial charge on any atom is -0.450 e. The van der Waals surface area contributed by atoms with Crippen LogP contribution in [0.2, 0.25) is 0 Å². The van der Waals surface area contributed by atoms with Gasteiger partial charge in [0, 0.05) is 7.05 Å². The van der Waals surface area contributed by atoms with Crippen LogP contribution in [0.3, 0.4) is 0 Å². The summed E-state index contributed by atoms with van der Waals surface area (Å²) in [6, 6.07) is 0. The third-order valence-electron chi connectivity index (χ3n) is 2.27. The number of aromatic nitrogens is 1. The number of ether oxygens (including phenoxy) is 1. The third kappa shape index (κ3) is 4.42. The number of nitrogens with one attached hydrogen (secondary N) is 3. The molecule has 0 aliphatic carbocycles. The van der Waals surface area contributed by atoms with E-state index in [1.165, 1.54) is 11.5 Å². The van der Waals surface area contributed by atoms with Gasteiger partial charge in [-0.1, -0.05) is 0 Å². The van der Waals surface area contributed by atoms with E-state index in [9.17, 15) is 4.79 Å². The van der Waals surface area contributed by atoms with Gasteiger partial charge in [-0.15, -0.1) is 0 Å². The van der Waals surface area contributed by atoms with Crippen LogP contribution in [0, 0.1) is 6.92 Å². The van der Waals surface area contributed by atoms with Gasteiger partial charge in [0.25, 0.3) is 0 Å². The Hall–Kier alpha value is -1.74. The van der Waals surface area contributed by atoms with E-state index < -0.39 is 6.09 Å². The Morgan fingerprint density at radius 2 is 2.25 bits per heavy atom. The molecule has 1 aromatic heterocycles. The zero-order valence-electron chi connectivity index (χ0n) is 11.7. The molecule has 7 nitrogen and oxygen atoms in total. The number of hydrogen-bond donors (Lipinski definition) is 3. The van der Waals surface area contributed by atoms with Gasteiger partial charge in [-0.3, -0.25) is 10.7 Å². The first-order valence-electron chi connectivity index (χ1n) is 5.92. The second-order valence-corrected chi connectivity index (χ2v) is 4.89. The predicted octanol–water partition coefficient (Wildman–Crippen LogP) is 1.84. The Morgan fingerprint density at radius 1 is 1.55 bits per heavy atom. The lowest BCUT2D eigenvalue weighted by atomic mass is 10.2. The van der Waals surface area contributed by atoms with Crippen LogP contribution in [0.15, 0.2) is 5.10 Å². The highest BCUT2D eigenvalue weighted by Gasteiger charge is 2.16. The van der Waals surface area contributed by atoms with Crippen molar-refractivity contribution in [3.05, 3.63) is 11.3 Å². The van der Waals surface area contributed by atoms with Crippen molar-refractivity contribution in [3.8, 4) is 0 Å². The van der Waals surface area contributed by atoms with E-state index in [2.05, 4.69) is 25.5 Å². The van der Waals surface area contributed by atoms with Gasteiger partial charge in [0.1, 0.15) is 5.00 Å². The molecule has 1 aromatic rings. The van der Waals surface area contributed by atoms with Gasteiger partial charge in [-0.2, -0.15) is 9.47 Å². The van der Waals surface area contributed by atoms with Crippen molar-refractivity contribution in [1.29, 1.82) is 0 Å². The lowest BCUT2D eigenvalue weighted by molar-refractivity contribution is 0.168.